The van der Waals surface area contributed by atoms with Gasteiger partial charge in [0, 0.05) is 50.2 Å². The van der Waals surface area contributed by atoms with Crippen LogP contribution in [0.15, 0.2) is 42.5 Å². The lowest BCUT2D eigenvalue weighted by Crippen LogP contribution is -2.47. The number of nitrogens with zero attached hydrogens (tertiary/aromatic N) is 2. The van der Waals surface area contributed by atoms with E-state index in [2.05, 4.69) is 20.6 Å². The van der Waals surface area contributed by atoms with Gasteiger partial charge in [0.05, 0.1) is 20.5 Å². The number of ether oxygens (including phenoxy) is 3. The molecule has 1 heterocycles. The molecule has 3 rings (SSSR count). The first kappa shape index (κ1) is 22.0. The topological polar surface area (TPSA) is 80.3 Å². The van der Waals surface area contributed by atoms with E-state index < -0.39 is 10.0 Å². The Hall–Kier alpha value is -2.65. The molecule has 0 spiro atoms. The van der Waals surface area contributed by atoms with Crippen LogP contribution >= 0.6 is 0 Å². The van der Waals surface area contributed by atoms with Crippen LogP contribution in [0, 0.1) is 0 Å². The van der Waals surface area contributed by atoms with Crippen LogP contribution in [-0.2, 0) is 10.0 Å². The molecule has 0 unspecified atom stereocenters. The van der Waals surface area contributed by atoms with Crippen LogP contribution in [0.5, 0.6) is 17.2 Å². The van der Waals surface area contributed by atoms with Gasteiger partial charge in [0.15, 0.2) is 11.5 Å². The van der Waals surface area contributed by atoms with E-state index in [1.807, 2.05) is 12.1 Å². The van der Waals surface area contributed by atoms with E-state index in [9.17, 15) is 8.42 Å². The summed E-state index contributed by atoms with van der Waals surface area (Å²) >= 11 is 0. The summed E-state index contributed by atoms with van der Waals surface area (Å²) in [6.07, 6.45) is 1.13. The van der Waals surface area contributed by atoms with Crippen LogP contribution < -0.4 is 23.8 Å². The van der Waals surface area contributed by atoms with Gasteiger partial charge in [-0.25, -0.2) is 8.42 Å². The number of methoxy groups -OCH3 is 2. The maximum absolute atomic E-state index is 11.2. The minimum atomic E-state index is -3.27. The monoisotopic (exact) mass is 435 g/mol. The fourth-order valence-electron chi connectivity index (χ4n) is 3.38. The smallest absolute Gasteiger partial charge is 0.229 e. The van der Waals surface area contributed by atoms with Gasteiger partial charge in [-0.15, -0.1) is 0 Å². The number of benzene rings is 2. The van der Waals surface area contributed by atoms with Gasteiger partial charge in [-0.3, -0.25) is 9.62 Å². The van der Waals surface area contributed by atoms with Crippen molar-refractivity contribution in [2.45, 2.75) is 0 Å². The quantitative estimate of drug-likeness (QED) is 0.647. The lowest BCUT2D eigenvalue weighted by atomic mass is 10.2. The van der Waals surface area contributed by atoms with Crippen LogP contribution in [0.1, 0.15) is 0 Å². The molecule has 0 bridgehead atoms. The van der Waals surface area contributed by atoms with Crippen molar-refractivity contribution in [1.29, 1.82) is 0 Å². The molecule has 0 saturated carbocycles. The molecule has 30 heavy (non-hydrogen) atoms. The summed E-state index contributed by atoms with van der Waals surface area (Å²) in [4.78, 5) is 4.71. The van der Waals surface area contributed by atoms with E-state index in [1.165, 1.54) is 0 Å². The average Bonchev–Trinajstić information content (AvgIpc) is 2.74. The van der Waals surface area contributed by atoms with Crippen molar-refractivity contribution in [2.75, 3.05) is 69.4 Å². The Bertz CT molecular complexity index is 926. The lowest BCUT2D eigenvalue weighted by Gasteiger charge is -2.36. The minimum absolute atomic E-state index is 0.524. The highest BCUT2D eigenvalue weighted by molar-refractivity contribution is 7.92. The number of sulfonamides is 1. The summed E-state index contributed by atoms with van der Waals surface area (Å²) in [5.74, 6) is 2.19. The molecule has 164 valence electrons. The first-order chi connectivity index (χ1) is 14.4. The maximum atomic E-state index is 11.2. The molecule has 0 aliphatic carbocycles. The predicted octanol–water partition coefficient (Wildman–Crippen LogP) is 2.28. The van der Waals surface area contributed by atoms with Gasteiger partial charge in [-0.1, -0.05) is 0 Å². The molecule has 1 aliphatic rings. The highest BCUT2D eigenvalue weighted by atomic mass is 32.2. The van der Waals surface area contributed by atoms with Crippen molar-refractivity contribution in [3.8, 4) is 17.2 Å². The van der Waals surface area contributed by atoms with Gasteiger partial charge in [0.1, 0.15) is 12.4 Å². The molecule has 0 aromatic heterocycles. The Balaban J connectivity index is 1.43. The van der Waals surface area contributed by atoms with Gasteiger partial charge in [-0.2, -0.15) is 0 Å². The fourth-order valence-corrected chi connectivity index (χ4v) is 3.94. The third-order valence-corrected chi connectivity index (χ3v) is 5.54. The fraction of sp³-hybridized carbons (Fsp3) is 0.429. The minimum Gasteiger partial charge on any atom is -0.493 e. The van der Waals surface area contributed by atoms with Crippen molar-refractivity contribution in [2.24, 2.45) is 0 Å². The molecule has 8 nitrogen and oxygen atoms in total. The number of anilines is 2. The second-order valence-electron chi connectivity index (χ2n) is 7.12. The van der Waals surface area contributed by atoms with Gasteiger partial charge in [-0.05, 0) is 36.4 Å². The SMILES string of the molecule is COc1ccc(N2CCN(CCOc3ccc(NS(C)(=O)=O)cc3)CC2)cc1OC. The zero-order chi connectivity index (χ0) is 21.6. The second-order valence-corrected chi connectivity index (χ2v) is 8.86. The molecule has 0 atom stereocenters. The molecule has 1 aliphatic heterocycles. The largest absolute Gasteiger partial charge is 0.493 e. The number of rotatable bonds is 9. The molecular formula is C21H29N3O5S. The first-order valence-electron chi connectivity index (χ1n) is 9.78. The van der Waals surface area contributed by atoms with Gasteiger partial charge in [0.25, 0.3) is 0 Å². The van der Waals surface area contributed by atoms with E-state index in [-0.39, 0.29) is 0 Å². The van der Waals surface area contributed by atoms with Crippen molar-refractivity contribution in [3.05, 3.63) is 42.5 Å². The standard InChI is InChI=1S/C21H29N3O5S/c1-27-20-9-6-18(16-21(20)28-2)24-12-10-23(11-13-24)14-15-29-19-7-4-17(5-8-19)22-30(3,25)26/h4-9,16,22H,10-15H2,1-3H3. The van der Waals surface area contributed by atoms with E-state index in [0.29, 0.717) is 12.3 Å². The number of nitrogens with one attached hydrogen (secondary N) is 1. The van der Waals surface area contributed by atoms with Crippen molar-refractivity contribution < 1.29 is 22.6 Å². The Morgan fingerprint density at radius 1 is 0.933 bits per heavy atom. The highest BCUT2D eigenvalue weighted by Crippen LogP contribution is 2.31. The van der Waals surface area contributed by atoms with Crippen LogP contribution in [-0.4, -0.2) is 73.1 Å². The molecule has 0 radical (unpaired) electrons. The molecule has 2 aromatic rings. The number of piperazine rings is 1. The summed E-state index contributed by atoms with van der Waals surface area (Å²) in [6.45, 7) is 5.19. The lowest BCUT2D eigenvalue weighted by molar-refractivity contribution is 0.200. The third kappa shape index (κ3) is 6.17. The molecule has 0 amide bonds. The molecular weight excluding hydrogens is 406 g/mol. The van der Waals surface area contributed by atoms with Crippen molar-refractivity contribution in [1.82, 2.24) is 4.90 Å². The normalized spacial score (nSPS) is 15.0. The van der Waals surface area contributed by atoms with E-state index in [1.54, 1.807) is 38.5 Å². The van der Waals surface area contributed by atoms with E-state index >= 15 is 0 Å². The summed E-state index contributed by atoms with van der Waals surface area (Å²) < 4.78 is 41.4. The van der Waals surface area contributed by atoms with Crippen LogP contribution in [0.25, 0.3) is 0 Å². The number of hydrogen-bond donors (Lipinski definition) is 1. The number of hydrogen-bond acceptors (Lipinski definition) is 7. The van der Waals surface area contributed by atoms with E-state index in [0.717, 1.165) is 61.9 Å². The van der Waals surface area contributed by atoms with Crippen LogP contribution in [0.2, 0.25) is 0 Å². The Morgan fingerprint density at radius 2 is 1.60 bits per heavy atom. The average molecular weight is 436 g/mol. The predicted molar refractivity (Wildman–Crippen MR) is 119 cm³/mol. The molecule has 1 fully saturated rings. The third-order valence-electron chi connectivity index (χ3n) is 4.94. The second kappa shape index (κ2) is 9.90. The highest BCUT2D eigenvalue weighted by Gasteiger charge is 2.18. The molecule has 1 N–H and O–H groups in total. The Kier molecular flexibility index (Phi) is 7.28. The Morgan fingerprint density at radius 3 is 2.20 bits per heavy atom. The zero-order valence-corrected chi connectivity index (χ0v) is 18.4. The van der Waals surface area contributed by atoms with Crippen molar-refractivity contribution in [3.63, 3.8) is 0 Å². The summed E-state index contributed by atoms with van der Waals surface area (Å²) in [5.41, 5.74) is 1.66. The summed E-state index contributed by atoms with van der Waals surface area (Å²) in [5, 5.41) is 0. The molecule has 2 aromatic carbocycles. The summed E-state index contributed by atoms with van der Waals surface area (Å²) in [7, 11) is 0.0179. The van der Waals surface area contributed by atoms with Gasteiger partial charge < -0.3 is 19.1 Å². The maximum Gasteiger partial charge on any atom is 0.229 e. The Labute approximate surface area is 178 Å². The zero-order valence-electron chi connectivity index (χ0n) is 17.6. The van der Waals surface area contributed by atoms with Crippen LogP contribution in [0.4, 0.5) is 11.4 Å². The van der Waals surface area contributed by atoms with Gasteiger partial charge in [0.2, 0.25) is 10.0 Å². The molecule has 1 saturated heterocycles. The van der Waals surface area contributed by atoms with Gasteiger partial charge >= 0.3 is 0 Å². The van der Waals surface area contributed by atoms with Crippen LogP contribution in [0.3, 0.4) is 0 Å². The van der Waals surface area contributed by atoms with Crippen molar-refractivity contribution >= 4 is 21.4 Å². The first-order valence-corrected chi connectivity index (χ1v) is 11.7. The summed E-state index contributed by atoms with van der Waals surface area (Å²) in [6, 6.07) is 12.9. The molecule has 9 heteroatoms. The van der Waals surface area contributed by atoms with E-state index in [4.69, 9.17) is 14.2 Å².